The third-order valence-electron chi connectivity index (χ3n) is 20.5. The second-order valence-corrected chi connectivity index (χ2v) is 25.0. The highest BCUT2D eigenvalue weighted by atomic mass is 14.9. The number of aryl methyl sites for hydroxylation is 4. The largest absolute Gasteiger partial charge is 0.361 e. The van der Waals surface area contributed by atoms with E-state index in [2.05, 4.69) is 193 Å². The van der Waals surface area contributed by atoms with Crippen LogP contribution < -0.4 is 0 Å². The third kappa shape index (κ3) is 9.94. The standard InChI is InChI=1S/C74H90N10/c1-21-51-39(9)67-27-63-43(13)55(47(17)75-63)25-56-44(14)64(76-48(56)18)29-69-41(11)53(23-3)73(83-69)33-61-37(7)38(8)62(80-61)34-74-54(24-4)42(12)70(84-74)30-66-46(16)58(50(20)78-66)26-57-45(15)65(77-49(57)19)28-68-40(10)52(22-2)72(82-68)32-60-36(6)35(5)59(79-60)31-71(51)81-67/h27-30,75-80H,21-26,31-34H2,1-20H3/b67-27-,68-28-,69-29-,70-30-. The quantitative estimate of drug-likeness (QED) is 0.1000. The minimum Gasteiger partial charge on any atom is -0.361 e. The fourth-order valence-corrected chi connectivity index (χ4v) is 14.5. The van der Waals surface area contributed by atoms with E-state index in [0.29, 0.717) is 0 Å². The summed E-state index contributed by atoms with van der Waals surface area (Å²) in [6.07, 6.45) is 17.6. The van der Waals surface area contributed by atoms with Crippen molar-refractivity contribution in [1.29, 1.82) is 0 Å². The lowest BCUT2D eigenvalue weighted by atomic mass is 9.96. The van der Waals surface area contributed by atoms with E-state index in [9.17, 15) is 0 Å². The van der Waals surface area contributed by atoms with Crippen LogP contribution in [-0.2, 0) is 38.5 Å². The Kier molecular flexibility index (Phi) is 15.5. The second-order valence-electron chi connectivity index (χ2n) is 25.0. The van der Waals surface area contributed by atoms with Crippen molar-refractivity contribution < 1.29 is 0 Å². The summed E-state index contributed by atoms with van der Waals surface area (Å²) in [6, 6.07) is 0. The maximum Gasteiger partial charge on any atom is 0.0686 e. The highest BCUT2D eigenvalue weighted by molar-refractivity contribution is 6.09. The van der Waals surface area contributed by atoms with E-state index in [0.717, 1.165) is 133 Å². The molecule has 11 heterocycles. The molecule has 10 nitrogen and oxygen atoms in total. The summed E-state index contributed by atoms with van der Waals surface area (Å²) >= 11 is 0. The summed E-state index contributed by atoms with van der Waals surface area (Å²) in [5, 5.41) is 0. The van der Waals surface area contributed by atoms with Gasteiger partial charge in [-0.1, -0.05) is 27.7 Å². The maximum atomic E-state index is 5.44. The normalized spacial score (nSPS) is 19.6. The van der Waals surface area contributed by atoms with Crippen molar-refractivity contribution in [3.05, 3.63) is 202 Å². The zero-order valence-electron chi connectivity index (χ0n) is 54.2. The smallest absolute Gasteiger partial charge is 0.0686 e. The number of rotatable bonds is 4. The molecule has 10 heteroatoms. The highest BCUT2D eigenvalue weighted by Crippen LogP contribution is 2.39. The van der Waals surface area contributed by atoms with E-state index in [4.69, 9.17) is 20.0 Å². The molecular weight excluding hydrogens is 1030 g/mol. The minimum atomic E-state index is 0.756. The number of aliphatic imine (C=N–C) groups is 4. The predicted molar refractivity (Wildman–Crippen MR) is 356 cm³/mol. The number of nitrogens with one attached hydrogen (secondary N) is 6. The Bertz CT molecular complexity index is 3670. The summed E-state index contributed by atoms with van der Waals surface area (Å²) in [5.74, 6) is 0. The molecule has 5 aliphatic heterocycles. The third-order valence-corrected chi connectivity index (χ3v) is 20.5. The summed E-state index contributed by atoms with van der Waals surface area (Å²) in [7, 11) is 0. The molecule has 0 atom stereocenters. The number of allylic oxidation sites excluding steroid dienone is 8. The van der Waals surface area contributed by atoms with Gasteiger partial charge in [-0.3, -0.25) is 20.0 Å². The monoisotopic (exact) mass is 1120 g/mol. The molecule has 20 bridgehead atoms. The summed E-state index contributed by atoms with van der Waals surface area (Å²) in [4.78, 5) is 44.9. The van der Waals surface area contributed by atoms with Crippen LogP contribution in [0.15, 0.2) is 87.3 Å². The predicted octanol–water partition coefficient (Wildman–Crippen LogP) is 17.9. The molecular formula is C74H90N10. The minimum absolute atomic E-state index is 0.756. The molecule has 0 radical (unpaired) electrons. The number of H-pyrrole nitrogens is 6. The fourth-order valence-electron chi connectivity index (χ4n) is 14.5. The van der Waals surface area contributed by atoms with E-state index >= 15 is 0 Å². The van der Waals surface area contributed by atoms with Gasteiger partial charge >= 0.3 is 0 Å². The van der Waals surface area contributed by atoms with Crippen molar-refractivity contribution in [2.24, 2.45) is 20.0 Å². The van der Waals surface area contributed by atoms with E-state index in [1.165, 1.54) is 157 Å². The van der Waals surface area contributed by atoms with E-state index < -0.39 is 0 Å². The molecule has 5 aliphatic rings. The molecule has 0 fully saturated rings. The van der Waals surface area contributed by atoms with Gasteiger partial charge in [0.05, 0.1) is 45.6 Å². The molecule has 0 amide bonds. The number of nitrogens with zero attached hydrogens (tertiary/aromatic N) is 4. The molecule has 436 valence electrons. The first kappa shape index (κ1) is 58.1. The van der Waals surface area contributed by atoms with Gasteiger partial charge in [0.15, 0.2) is 0 Å². The molecule has 0 spiro atoms. The van der Waals surface area contributed by atoms with Crippen LogP contribution in [0.4, 0.5) is 0 Å². The van der Waals surface area contributed by atoms with E-state index in [-0.39, 0.29) is 0 Å². The first-order valence-electron chi connectivity index (χ1n) is 31.1. The van der Waals surface area contributed by atoms with Crippen LogP contribution in [0.5, 0.6) is 0 Å². The van der Waals surface area contributed by atoms with Crippen LogP contribution in [-0.4, -0.2) is 52.8 Å². The highest BCUT2D eigenvalue weighted by Gasteiger charge is 2.29. The fraction of sp³-hybridized carbons (Fsp3) is 0.405. The van der Waals surface area contributed by atoms with Crippen LogP contribution in [0.1, 0.15) is 216 Å². The van der Waals surface area contributed by atoms with Crippen molar-refractivity contribution in [2.75, 3.05) is 0 Å². The maximum absolute atomic E-state index is 5.44. The van der Waals surface area contributed by atoms with Crippen molar-refractivity contribution in [1.82, 2.24) is 29.9 Å². The lowest BCUT2D eigenvalue weighted by Crippen LogP contribution is -2.07. The van der Waals surface area contributed by atoms with Gasteiger partial charge in [-0.25, -0.2) is 0 Å². The van der Waals surface area contributed by atoms with Crippen molar-refractivity contribution >= 4 is 47.2 Å². The number of hydrogen-bond acceptors (Lipinski definition) is 4. The van der Waals surface area contributed by atoms with Crippen LogP contribution in [0.25, 0.3) is 24.3 Å². The zero-order valence-corrected chi connectivity index (χ0v) is 54.2. The molecule has 6 aromatic rings. The Balaban J connectivity index is 0.991. The van der Waals surface area contributed by atoms with Crippen LogP contribution in [0, 0.1) is 83.1 Å². The van der Waals surface area contributed by atoms with Gasteiger partial charge in [-0.05, 0) is 272 Å². The zero-order chi connectivity index (χ0) is 60.1. The molecule has 0 aromatic carbocycles. The van der Waals surface area contributed by atoms with Gasteiger partial charge < -0.3 is 29.9 Å². The molecule has 84 heavy (non-hydrogen) atoms. The van der Waals surface area contributed by atoms with Gasteiger partial charge in [0.1, 0.15) is 0 Å². The second kappa shape index (κ2) is 22.4. The summed E-state index contributed by atoms with van der Waals surface area (Å²) < 4.78 is 0. The Morgan fingerprint density at radius 3 is 0.667 bits per heavy atom. The molecule has 11 rings (SSSR count). The van der Waals surface area contributed by atoms with Crippen molar-refractivity contribution in [2.45, 2.75) is 203 Å². The molecule has 6 aromatic heterocycles. The number of fused-ring (bicyclic) bond motifs is 16. The first-order chi connectivity index (χ1) is 40.0. The Morgan fingerprint density at radius 1 is 0.274 bits per heavy atom. The SMILES string of the molecule is CCC1=C(C)/C2=C/c3[nH]c(C)c(c3C)Cc3c(C)[nH]c(c3C)/C=C3\N=C(Cc4[nH]c(c(C)c4C)CC4=N/C(=C\c5[nH]c(C)c(c5C)Cc5c(C)[nH]c(c5C)/C=C5\N=C(Cc6[nH]c(c(C)c6C)CC1=N2)C(CC)=C5C)C(C)=C4CC)C(CC)=C3C. The topological polar surface area (TPSA) is 144 Å². The van der Waals surface area contributed by atoms with Crippen LogP contribution in [0.3, 0.4) is 0 Å². The van der Waals surface area contributed by atoms with Gasteiger partial charge in [-0.15, -0.1) is 0 Å². The molecule has 6 N–H and O–H groups in total. The molecule has 0 aliphatic carbocycles. The van der Waals surface area contributed by atoms with Crippen molar-refractivity contribution in [3.8, 4) is 0 Å². The number of aromatic amines is 6. The average Bonchev–Trinajstić information content (AvgIpc) is 2.72. The van der Waals surface area contributed by atoms with Gasteiger partial charge in [-0.2, -0.15) is 0 Å². The van der Waals surface area contributed by atoms with Gasteiger partial charge in [0.25, 0.3) is 0 Å². The summed E-state index contributed by atoms with van der Waals surface area (Å²) in [6.45, 7) is 45.1. The van der Waals surface area contributed by atoms with Gasteiger partial charge in [0, 0.05) is 107 Å². The molecule has 0 unspecified atom stereocenters. The van der Waals surface area contributed by atoms with Crippen molar-refractivity contribution in [3.63, 3.8) is 0 Å². The molecule has 0 saturated carbocycles. The van der Waals surface area contributed by atoms with E-state index in [1.54, 1.807) is 0 Å². The Morgan fingerprint density at radius 2 is 0.476 bits per heavy atom. The lowest BCUT2D eigenvalue weighted by molar-refractivity contribution is 1.07. The Hall–Kier alpha value is -7.72. The first-order valence-corrected chi connectivity index (χ1v) is 31.1. The average molecular weight is 1120 g/mol. The lowest BCUT2D eigenvalue weighted by Gasteiger charge is -2.06. The number of hydrogen-bond donors (Lipinski definition) is 6. The van der Waals surface area contributed by atoms with Crippen LogP contribution >= 0.6 is 0 Å². The van der Waals surface area contributed by atoms with E-state index in [1.807, 2.05) is 0 Å². The Labute approximate surface area is 499 Å². The summed E-state index contributed by atoms with van der Waals surface area (Å²) in [5.41, 5.74) is 49.1. The molecule has 0 saturated heterocycles. The van der Waals surface area contributed by atoms with Gasteiger partial charge in [0.2, 0.25) is 0 Å². The van der Waals surface area contributed by atoms with Crippen LogP contribution in [0.2, 0.25) is 0 Å². The number of aromatic nitrogens is 6.